The molecule has 2 rings (SSSR count). The minimum Gasteiger partial charge on any atom is -0.480 e. The molecule has 0 bridgehead atoms. The number of nitrogens with one attached hydrogen (secondary N) is 5. The van der Waals surface area contributed by atoms with Gasteiger partial charge in [0.1, 0.15) is 12.6 Å². The van der Waals surface area contributed by atoms with E-state index in [-0.39, 0.29) is 12.8 Å². The molecular formula is C26H32N6O7. The predicted molar refractivity (Wildman–Crippen MR) is 140 cm³/mol. The summed E-state index contributed by atoms with van der Waals surface area (Å²) < 4.78 is 0. The highest BCUT2D eigenvalue weighted by atomic mass is 16.4. The van der Waals surface area contributed by atoms with Crippen molar-refractivity contribution in [3.05, 3.63) is 71.8 Å². The number of amides is 5. The minimum atomic E-state index is -1.23. The highest BCUT2D eigenvalue weighted by Gasteiger charge is 2.24. The second-order valence-corrected chi connectivity index (χ2v) is 8.49. The molecule has 0 aromatic heterocycles. The number of carbonyl (C=O) groups excluding carboxylic acids is 5. The Labute approximate surface area is 224 Å². The molecule has 0 fully saturated rings. The van der Waals surface area contributed by atoms with Gasteiger partial charge in [0.15, 0.2) is 0 Å². The van der Waals surface area contributed by atoms with Crippen molar-refractivity contribution in [2.75, 3.05) is 26.2 Å². The lowest BCUT2D eigenvalue weighted by Crippen LogP contribution is -2.54. The Hall–Kier alpha value is -4.78. The van der Waals surface area contributed by atoms with Crippen molar-refractivity contribution in [3.8, 4) is 0 Å². The van der Waals surface area contributed by atoms with Crippen molar-refractivity contribution in [2.24, 2.45) is 5.73 Å². The number of benzene rings is 2. The van der Waals surface area contributed by atoms with Gasteiger partial charge in [0.2, 0.25) is 29.5 Å². The van der Waals surface area contributed by atoms with Crippen LogP contribution in [0.4, 0.5) is 0 Å². The van der Waals surface area contributed by atoms with Gasteiger partial charge in [-0.05, 0) is 17.5 Å². The fraction of sp³-hybridized carbons (Fsp3) is 0.308. The maximum atomic E-state index is 12.9. The molecule has 2 atom stereocenters. The zero-order chi connectivity index (χ0) is 28.6. The molecule has 13 nitrogen and oxygen atoms in total. The van der Waals surface area contributed by atoms with E-state index in [9.17, 15) is 28.8 Å². The summed E-state index contributed by atoms with van der Waals surface area (Å²) in [5.41, 5.74) is 7.70. The lowest BCUT2D eigenvalue weighted by atomic mass is 10.0. The third kappa shape index (κ3) is 12.3. The largest absolute Gasteiger partial charge is 0.480 e. The maximum Gasteiger partial charge on any atom is 0.322 e. The van der Waals surface area contributed by atoms with Crippen molar-refractivity contribution in [1.82, 2.24) is 26.6 Å². The molecule has 13 heteroatoms. The molecule has 2 aromatic carbocycles. The standard InChI is InChI=1S/C26H32N6O7/c27-19(11-17-7-3-1-4-8-17)25(38)32-20(12-18-9-5-2-6-10-18)26(39)31-15-23(35)29-13-21(33)28-14-22(34)30-16-24(36)37/h1-10,19-20H,11-16,27H2,(H,28,33)(H,29,35)(H,30,34)(H,31,39)(H,32,38)(H,36,37)/t19-,20-/m0/s1. The first kappa shape index (κ1) is 30.4. The first-order chi connectivity index (χ1) is 18.6. The zero-order valence-corrected chi connectivity index (χ0v) is 21.1. The quantitative estimate of drug-likeness (QED) is 0.132. The molecule has 0 aliphatic rings. The fourth-order valence-electron chi connectivity index (χ4n) is 3.31. The Bertz CT molecular complexity index is 1140. The second kappa shape index (κ2) is 16.1. The minimum absolute atomic E-state index is 0.157. The van der Waals surface area contributed by atoms with Gasteiger partial charge in [-0.15, -0.1) is 0 Å². The zero-order valence-electron chi connectivity index (χ0n) is 21.1. The van der Waals surface area contributed by atoms with Crippen molar-refractivity contribution in [1.29, 1.82) is 0 Å². The van der Waals surface area contributed by atoms with Gasteiger partial charge in [-0.3, -0.25) is 28.8 Å². The van der Waals surface area contributed by atoms with Crippen LogP contribution in [0.2, 0.25) is 0 Å². The van der Waals surface area contributed by atoms with Gasteiger partial charge >= 0.3 is 5.97 Å². The number of carboxylic acid groups (broad SMARTS) is 1. The van der Waals surface area contributed by atoms with Gasteiger partial charge in [0.05, 0.1) is 25.7 Å². The molecule has 8 N–H and O–H groups in total. The summed E-state index contributed by atoms with van der Waals surface area (Å²) in [5, 5.41) is 20.2. The van der Waals surface area contributed by atoms with Crippen LogP contribution in [0.3, 0.4) is 0 Å². The Morgan fingerprint density at radius 3 is 1.54 bits per heavy atom. The summed E-state index contributed by atoms with van der Waals surface area (Å²) in [6.45, 7) is -2.00. The third-order valence-corrected chi connectivity index (χ3v) is 5.30. The van der Waals surface area contributed by atoms with E-state index in [1.54, 1.807) is 24.3 Å². The predicted octanol–water partition coefficient (Wildman–Crippen LogP) is -2.17. The summed E-state index contributed by atoms with van der Waals surface area (Å²) in [4.78, 5) is 71.4. The average Bonchev–Trinajstić information content (AvgIpc) is 2.93. The van der Waals surface area contributed by atoms with Crippen molar-refractivity contribution in [2.45, 2.75) is 24.9 Å². The number of carbonyl (C=O) groups is 6. The molecule has 5 amide bonds. The molecule has 39 heavy (non-hydrogen) atoms. The molecule has 0 unspecified atom stereocenters. The third-order valence-electron chi connectivity index (χ3n) is 5.30. The van der Waals surface area contributed by atoms with Gasteiger partial charge < -0.3 is 37.4 Å². The van der Waals surface area contributed by atoms with Gasteiger partial charge in [0.25, 0.3) is 0 Å². The molecule has 208 valence electrons. The van der Waals surface area contributed by atoms with E-state index in [1.807, 2.05) is 36.4 Å². The number of hydrogen-bond donors (Lipinski definition) is 7. The second-order valence-electron chi connectivity index (χ2n) is 8.49. The smallest absolute Gasteiger partial charge is 0.322 e. The first-order valence-corrected chi connectivity index (χ1v) is 12.1. The van der Waals surface area contributed by atoms with Crippen LogP contribution in [-0.4, -0.2) is 78.9 Å². The van der Waals surface area contributed by atoms with Gasteiger partial charge in [0, 0.05) is 6.42 Å². The number of nitrogens with two attached hydrogens (primary N) is 1. The molecule has 2 aromatic rings. The molecule has 0 radical (unpaired) electrons. The van der Waals surface area contributed by atoms with Crippen LogP contribution in [-0.2, 0) is 41.6 Å². The van der Waals surface area contributed by atoms with E-state index in [2.05, 4.69) is 26.6 Å². The van der Waals surface area contributed by atoms with Crippen molar-refractivity contribution in [3.63, 3.8) is 0 Å². The molecule has 0 aliphatic heterocycles. The number of rotatable bonds is 15. The van der Waals surface area contributed by atoms with Crippen LogP contribution in [0, 0.1) is 0 Å². The lowest BCUT2D eigenvalue weighted by Gasteiger charge is -2.21. The summed E-state index contributed by atoms with van der Waals surface area (Å²) >= 11 is 0. The first-order valence-electron chi connectivity index (χ1n) is 12.1. The van der Waals surface area contributed by atoms with Crippen molar-refractivity contribution >= 4 is 35.5 Å². The van der Waals surface area contributed by atoms with Crippen LogP contribution >= 0.6 is 0 Å². The number of aliphatic carboxylic acids is 1. The summed E-state index contributed by atoms with van der Waals surface area (Å²) in [6, 6.07) is 16.3. The topological polar surface area (TPSA) is 209 Å². The van der Waals surface area contributed by atoms with Crippen molar-refractivity contribution < 1.29 is 33.9 Å². The van der Waals surface area contributed by atoms with Crippen LogP contribution in [0.25, 0.3) is 0 Å². The van der Waals surface area contributed by atoms with Crippen LogP contribution < -0.4 is 32.3 Å². The fourth-order valence-corrected chi connectivity index (χ4v) is 3.31. The SMILES string of the molecule is N[C@@H](Cc1ccccc1)C(=O)N[C@@H](Cc1ccccc1)C(=O)NCC(=O)NCC(=O)NCC(=O)NCC(=O)O. The summed E-state index contributed by atoms with van der Waals surface area (Å²) in [7, 11) is 0. The number of carboxylic acids is 1. The summed E-state index contributed by atoms with van der Waals surface area (Å²) in [6.07, 6.45) is 0.433. The van der Waals surface area contributed by atoms with Gasteiger partial charge in [-0.25, -0.2) is 0 Å². The Balaban J connectivity index is 1.85. The average molecular weight is 541 g/mol. The van der Waals surface area contributed by atoms with E-state index >= 15 is 0 Å². The van der Waals surface area contributed by atoms with Gasteiger partial charge in [-0.1, -0.05) is 60.7 Å². The Morgan fingerprint density at radius 2 is 1.05 bits per heavy atom. The highest BCUT2D eigenvalue weighted by molar-refractivity contribution is 5.93. The molecule has 0 aliphatic carbocycles. The van der Waals surface area contributed by atoms with E-state index in [4.69, 9.17) is 10.8 Å². The normalized spacial score (nSPS) is 11.8. The Kier molecular flexibility index (Phi) is 12.6. The van der Waals surface area contributed by atoms with E-state index in [1.165, 1.54) is 0 Å². The lowest BCUT2D eigenvalue weighted by molar-refractivity contribution is -0.137. The van der Waals surface area contributed by atoms with E-state index in [0.717, 1.165) is 11.1 Å². The molecular weight excluding hydrogens is 508 g/mol. The Morgan fingerprint density at radius 1 is 0.615 bits per heavy atom. The van der Waals surface area contributed by atoms with Crippen LogP contribution in [0.1, 0.15) is 11.1 Å². The van der Waals surface area contributed by atoms with Crippen LogP contribution in [0.15, 0.2) is 60.7 Å². The van der Waals surface area contributed by atoms with Gasteiger partial charge in [-0.2, -0.15) is 0 Å². The molecule has 0 spiro atoms. The van der Waals surface area contributed by atoms with E-state index < -0.39 is 73.8 Å². The number of hydrogen-bond acceptors (Lipinski definition) is 7. The molecule has 0 saturated carbocycles. The van der Waals surface area contributed by atoms with E-state index in [0.29, 0.717) is 0 Å². The highest BCUT2D eigenvalue weighted by Crippen LogP contribution is 2.06. The maximum absolute atomic E-state index is 12.9. The monoisotopic (exact) mass is 540 g/mol. The molecule has 0 saturated heterocycles. The van der Waals surface area contributed by atoms with Crippen LogP contribution in [0.5, 0.6) is 0 Å². The molecule has 0 heterocycles. The summed E-state index contributed by atoms with van der Waals surface area (Å²) in [5.74, 6) is -4.46.